The molecule has 0 saturated carbocycles. The van der Waals surface area contributed by atoms with Crippen molar-refractivity contribution >= 4 is 0 Å². The number of hydrogen-bond donors (Lipinski definition) is 1. The van der Waals surface area contributed by atoms with Gasteiger partial charge in [0.1, 0.15) is 12.4 Å². The Hall–Kier alpha value is -0.150. The Morgan fingerprint density at radius 2 is 2.22 bits per heavy atom. The van der Waals surface area contributed by atoms with Crippen molar-refractivity contribution in [3.8, 4) is 0 Å². The van der Waals surface area contributed by atoms with Gasteiger partial charge in [0.15, 0.2) is 0 Å². The minimum Gasteiger partial charge on any atom is -0.373 e. The highest BCUT2D eigenvalue weighted by molar-refractivity contribution is 4.80. The van der Waals surface area contributed by atoms with Gasteiger partial charge in [-0.1, -0.05) is 0 Å². The summed E-state index contributed by atoms with van der Waals surface area (Å²) in [6.45, 7) is 2.49. The van der Waals surface area contributed by atoms with Gasteiger partial charge in [-0.15, -0.1) is 0 Å². The molecule has 0 aliphatic carbocycles. The van der Waals surface area contributed by atoms with Crippen molar-refractivity contribution in [2.24, 2.45) is 0 Å². The first-order valence-electron chi connectivity index (χ1n) is 3.20. The molecule has 0 spiro atoms. The maximum atomic E-state index is 12.0. The zero-order valence-corrected chi connectivity index (χ0v) is 5.60. The van der Waals surface area contributed by atoms with E-state index in [1.54, 1.807) is 4.90 Å². The van der Waals surface area contributed by atoms with Gasteiger partial charge in [0.2, 0.25) is 0 Å². The van der Waals surface area contributed by atoms with Crippen molar-refractivity contribution in [2.75, 3.05) is 19.8 Å². The molecule has 1 rings (SSSR count). The molecule has 3 heteroatoms. The molecule has 0 bridgehead atoms. The molecular formula is C6H12FNO. The van der Waals surface area contributed by atoms with Crippen LogP contribution in [0.25, 0.3) is 0 Å². The second kappa shape index (κ2) is 2.23. The van der Waals surface area contributed by atoms with Crippen molar-refractivity contribution in [1.82, 2.24) is 4.90 Å². The van der Waals surface area contributed by atoms with Gasteiger partial charge >= 0.3 is 0 Å². The summed E-state index contributed by atoms with van der Waals surface area (Å²) in [4.78, 5) is 1.73. The van der Waals surface area contributed by atoms with Crippen LogP contribution >= 0.6 is 0 Å². The number of aliphatic hydroxyl groups is 1. The molecule has 9 heavy (non-hydrogen) atoms. The number of rotatable bonds is 2. The Labute approximate surface area is 54.3 Å². The van der Waals surface area contributed by atoms with Gasteiger partial charge in [0, 0.05) is 13.1 Å². The van der Waals surface area contributed by atoms with E-state index >= 15 is 0 Å². The Kier molecular flexibility index (Phi) is 1.73. The SMILES string of the molecule is CC(O)(CF)N1CCC1. The van der Waals surface area contributed by atoms with E-state index in [9.17, 15) is 9.50 Å². The lowest BCUT2D eigenvalue weighted by molar-refractivity contribution is -0.134. The van der Waals surface area contributed by atoms with Crippen LogP contribution < -0.4 is 0 Å². The summed E-state index contributed by atoms with van der Waals surface area (Å²) in [6.07, 6.45) is 1.08. The number of nitrogens with zero attached hydrogens (tertiary/aromatic N) is 1. The summed E-state index contributed by atoms with van der Waals surface area (Å²) in [5.41, 5.74) is -1.20. The van der Waals surface area contributed by atoms with Crippen molar-refractivity contribution in [1.29, 1.82) is 0 Å². The van der Waals surface area contributed by atoms with Gasteiger partial charge in [-0.3, -0.25) is 4.90 Å². The summed E-state index contributed by atoms with van der Waals surface area (Å²) >= 11 is 0. The minimum atomic E-state index is -1.20. The molecule has 1 fully saturated rings. The predicted octanol–water partition coefficient (Wildman–Crippen LogP) is 0.370. The summed E-state index contributed by atoms with van der Waals surface area (Å²) in [5, 5.41) is 9.19. The highest BCUT2D eigenvalue weighted by atomic mass is 19.1. The molecule has 1 aliphatic rings. The number of alkyl halides is 1. The molecule has 1 aliphatic heterocycles. The number of halogens is 1. The molecule has 0 aromatic rings. The minimum absolute atomic E-state index is 0.674. The Morgan fingerprint density at radius 3 is 2.33 bits per heavy atom. The monoisotopic (exact) mass is 133 g/mol. The van der Waals surface area contributed by atoms with Crippen LogP contribution in [-0.2, 0) is 0 Å². The summed E-state index contributed by atoms with van der Waals surface area (Å²) in [7, 11) is 0. The topological polar surface area (TPSA) is 23.5 Å². The quantitative estimate of drug-likeness (QED) is 0.588. The fourth-order valence-corrected chi connectivity index (χ4v) is 0.882. The van der Waals surface area contributed by atoms with E-state index in [1.165, 1.54) is 6.92 Å². The van der Waals surface area contributed by atoms with Gasteiger partial charge in [-0.2, -0.15) is 0 Å². The second-order valence-corrected chi connectivity index (χ2v) is 2.69. The maximum absolute atomic E-state index is 12.0. The van der Waals surface area contributed by atoms with E-state index in [-0.39, 0.29) is 0 Å². The molecule has 0 amide bonds. The van der Waals surface area contributed by atoms with Crippen molar-refractivity contribution in [3.63, 3.8) is 0 Å². The van der Waals surface area contributed by atoms with E-state index in [4.69, 9.17) is 0 Å². The van der Waals surface area contributed by atoms with Gasteiger partial charge in [0.25, 0.3) is 0 Å². The molecule has 1 saturated heterocycles. The number of likely N-dealkylation sites (tertiary alicyclic amines) is 1. The van der Waals surface area contributed by atoms with Crippen LogP contribution in [-0.4, -0.2) is 35.5 Å². The molecule has 1 N–H and O–H groups in total. The van der Waals surface area contributed by atoms with Crippen LogP contribution in [0.1, 0.15) is 13.3 Å². The largest absolute Gasteiger partial charge is 0.373 e. The zero-order valence-electron chi connectivity index (χ0n) is 5.60. The molecule has 0 aromatic heterocycles. The first kappa shape index (κ1) is 6.96. The number of hydrogen-bond acceptors (Lipinski definition) is 2. The molecule has 0 aromatic carbocycles. The van der Waals surface area contributed by atoms with E-state index in [0.29, 0.717) is 0 Å². The first-order valence-corrected chi connectivity index (χ1v) is 3.20. The van der Waals surface area contributed by atoms with Crippen LogP contribution in [0.3, 0.4) is 0 Å². The Bertz CT molecular complexity index is 101. The van der Waals surface area contributed by atoms with E-state index in [2.05, 4.69) is 0 Å². The van der Waals surface area contributed by atoms with Gasteiger partial charge in [-0.25, -0.2) is 4.39 Å². The van der Waals surface area contributed by atoms with Crippen molar-refractivity contribution < 1.29 is 9.50 Å². The lowest BCUT2D eigenvalue weighted by atomic mass is 10.1. The zero-order chi connectivity index (χ0) is 6.91. The average Bonchev–Trinajstić information content (AvgIpc) is 1.60. The first-order chi connectivity index (χ1) is 4.17. The van der Waals surface area contributed by atoms with Crippen LogP contribution in [0.15, 0.2) is 0 Å². The van der Waals surface area contributed by atoms with Gasteiger partial charge in [0.05, 0.1) is 0 Å². The van der Waals surface area contributed by atoms with Crippen LogP contribution in [0.2, 0.25) is 0 Å². The third kappa shape index (κ3) is 1.22. The predicted molar refractivity (Wildman–Crippen MR) is 32.8 cm³/mol. The van der Waals surface area contributed by atoms with Crippen molar-refractivity contribution in [2.45, 2.75) is 19.1 Å². The molecule has 1 heterocycles. The normalized spacial score (nSPS) is 27.0. The Balaban J connectivity index is 2.37. The molecular weight excluding hydrogens is 121 g/mol. The summed E-state index contributed by atoms with van der Waals surface area (Å²) in [6, 6.07) is 0. The van der Waals surface area contributed by atoms with Gasteiger partial charge < -0.3 is 5.11 Å². The fraction of sp³-hybridized carbons (Fsp3) is 1.00. The smallest absolute Gasteiger partial charge is 0.144 e. The van der Waals surface area contributed by atoms with E-state index < -0.39 is 12.4 Å². The third-order valence-corrected chi connectivity index (χ3v) is 1.79. The fourth-order valence-electron chi connectivity index (χ4n) is 0.882. The van der Waals surface area contributed by atoms with Crippen LogP contribution in [0.5, 0.6) is 0 Å². The van der Waals surface area contributed by atoms with E-state index in [1.807, 2.05) is 0 Å². The average molecular weight is 133 g/mol. The third-order valence-electron chi connectivity index (χ3n) is 1.79. The molecule has 1 unspecified atom stereocenters. The highest BCUT2D eigenvalue weighted by Gasteiger charge is 2.32. The van der Waals surface area contributed by atoms with Crippen LogP contribution in [0.4, 0.5) is 4.39 Å². The maximum Gasteiger partial charge on any atom is 0.144 e. The Morgan fingerprint density at radius 1 is 1.67 bits per heavy atom. The molecule has 0 radical (unpaired) electrons. The summed E-state index contributed by atoms with van der Waals surface area (Å²) < 4.78 is 12.0. The lowest BCUT2D eigenvalue weighted by Gasteiger charge is -2.41. The highest BCUT2D eigenvalue weighted by Crippen LogP contribution is 2.18. The molecule has 2 nitrogen and oxygen atoms in total. The molecule has 54 valence electrons. The van der Waals surface area contributed by atoms with Crippen LogP contribution in [0, 0.1) is 0 Å². The standard InChI is InChI=1S/C6H12FNO/c1-6(9,5-7)8-3-2-4-8/h9H,2-5H2,1H3. The second-order valence-electron chi connectivity index (χ2n) is 2.69. The van der Waals surface area contributed by atoms with E-state index in [0.717, 1.165) is 19.5 Å². The summed E-state index contributed by atoms with van der Waals surface area (Å²) in [5.74, 6) is 0. The molecule has 1 atom stereocenters. The van der Waals surface area contributed by atoms with Gasteiger partial charge in [-0.05, 0) is 13.3 Å². The van der Waals surface area contributed by atoms with Crippen molar-refractivity contribution in [3.05, 3.63) is 0 Å². The lowest BCUT2D eigenvalue weighted by Crippen LogP contribution is -2.54.